The van der Waals surface area contributed by atoms with E-state index in [4.69, 9.17) is 0 Å². The number of methoxy groups -OCH3 is 1. The van der Waals surface area contributed by atoms with E-state index in [-0.39, 0.29) is 26.2 Å². The van der Waals surface area contributed by atoms with Gasteiger partial charge in [0.2, 0.25) is 0 Å². The number of hydrogen-bond donors (Lipinski definition) is 3. The van der Waals surface area contributed by atoms with Gasteiger partial charge >= 0.3 is 11.9 Å². The Balaban J connectivity index is 2.57. The highest BCUT2D eigenvalue weighted by molar-refractivity contribution is 9.10. The fraction of sp³-hybridized carbons (Fsp3) is 0.125. The molecule has 0 aromatic heterocycles. The first-order valence-electron chi connectivity index (χ1n) is 7.05. The number of anilines is 1. The number of halogens is 1. The van der Waals surface area contributed by atoms with Crippen molar-refractivity contribution in [3.8, 4) is 5.75 Å². The van der Waals surface area contributed by atoms with Crippen molar-refractivity contribution < 1.29 is 33.0 Å². The topological polar surface area (TPSA) is 130 Å². The molecule has 0 fully saturated rings. The standard InChI is InChI=1S/C16H14BrNO7S/c1-8-3-5-11(17)13(15(20)21)14(8)18-26(23,24)9-4-6-12(19)10(7-9)16(22)25-2/h3-7,18-19H,1-2H3,(H,20,21). The lowest BCUT2D eigenvalue weighted by Crippen LogP contribution is -2.17. The van der Waals surface area contributed by atoms with Gasteiger partial charge in [-0.05, 0) is 52.7 Å². The van der Waals surface area contributed by atoms with Crippen LogP contribution in [0.5, 0.6) is 5.75 Å². The normalized spacial score (nSPS) is 11.0. The van der Waals surface area contributed by atoms with E-state index in [9.17, 15) is 28.2 Å². The van der Waals surface area contributed by atoms with E-state index in [1.165, 1.54) is 6.07 Å². The largest absolute Gasteiger partial charge is 0.507 e. The Hall–Kier alpha value is -2.59. The molecule has 0 aliphatic rings. The van der Waals surface area contributed by atoms with Crippen molar-refractivity contribution in [3.63, 3.8) is 0 Å². The smallest absolute Gasteiger partial charge is 0.341 e. The molecule has 0 unspecified atom stereocenters. The van der Waals surface area contributed by atoms with Gasteiger partial charge in [-0.25, -0.2) is 18.0 Å². The summed E-state index contributed by atoms with van der Waals surface area (Å²) < 4.78 is 32.2. The van der Waals surface area contributed by atoms with E-state index in [2.05, 4.69) is 25.4 Å². The maximum Gasteiger partial charge on any atom is 0.341 e. The molecule has 2 rings (SSSR count). The van der Waals surface area contributed by atoms with E-state index >= 15 is 0 Å². The van der Waals surface area contributed by atoms with Crippen LogP contribution in [-0.4, -0.2) is 37.7 Å². The zero-order chi connectivity index (χ0) is 19.6. The average Bonchev–Trinajstić information content (AvgIpc) is 2.57. The number of aromatic carboxylic acids is 1. The molecule has 0 atom stereocenters. The maximum atomic E-state index is 12.7. The van der Waals surface area contributed by atoms with Crippen LogP contribution in [0.4, 0.5) is 5.69 Å². The summed E-state index contributed by atoms with van der Waals surface area (Å²) in [4.78, 5) is 22.8. The van der Waals surface area contributed by atoms with Gasteiger partial charge in [-0.3, -0.25) is 4.72 Å². The fourth-order valence-electron chi connectivity index (χ4n) is 2.17. The molecule has 0 aliphatic heterocycles. The van der Waals surface area contributed by atoms with Crippen LogP contribution < -0.4 is 4.72 Å². The predicted octanol–water partition coefficient (Wildman–Crippen LogP) is 2.75. The molecule has 0 spiro atoms. The monoisotopic (exact) mass is 443 g/mol. The fourth-order valence-corrected chi connectivity index (χ4v) is 3.84. The van der Waals surface area contributed by atoms with Crippen LogP contribution in [0.25, 0.3) is 0 Å². The summed E-state index contributed by atoms with van der Waals surface area (Å²) in [5.74, 6) is -2.68. The number of carboxylic acid groups (broad SMARTS) is 1. The Kier molecular flexibility index (Phi) is 5.57. The van der Waals surface area contributed by atoms with Crippen molar-refractivity contribution >= 4 is 43.6 Å². The zero-order valence-electron chi connectivity index (χ0n) is 13.6. The average molecular weight is 444 g/mol. The Morgan fingerprint density at radius 3 is 2.42 bits per heavy atom. The molecule has 8 nitrogen and oxygen atoms in total. The summed E-state index contributed by atoms with van der Waals surface area (Å²) in [6, 6.07) is 6.10. The lowest BCUT2D eigenvalue weighted by atomic mass is 10.1. The minimum absolute atomic E-state index is 0.112. The number of aromatic hydroxyl groups is 1. The number of benzene rings is 2. The molecule has 0 radical (unpaired) electrons. The van der Waals surface area contributed by atoms with Gasteiger partial charge in [0.25, 0.3) is 10.0 Å². The molecule has 10 heteroatoms. The van der Waals surface area contributed by atoms with Gasteiger partial charge in [-0.1, -0.05) is 6.07 Å². The number of hydrogen-bond acceptors (Lipinski definition) is 6. The molecule has 0 amide bonds. The van der Waals surface area contributed by atoms with Crippen molar-refractivity contribution in [3.05, 3.63) is 51.5 Å². The van der Waals surface area contributed by atoms with Gasteiger partial charge in [-0.15, -0.1) is 0 Å². The summed E-state index contributed by atoms with van der Waals surface area (Å²) in [6.45, 7) is 1.55. The lowest BCUT2D eigenvalue weighted by Gasteiger charge is -2.15. The molecule has 138 valence electrons. The number of phenolic OH excluding ortho intramolecular Hbond substituents is 1. The van der Waals surface area contributed by atoms with Gasteiger partial charge in [0.15, 0.2) is 0 Å². The van der Waals surface area contributed by atoms with E-state index in [0.29, 0.717) is 5.56 Å². The minimum atomic E-state index is -4.24. The molecule has 0 heterocycles. The van der Waals surface area contributed by atoms with Crippen LogP contribution in [0.2, 0.25) is 0 Å². The summed E-state index contributed by atoms with van der Waals surface area (Å²) in [5.41, 5.74) is -0.305. The van der Waals surface area contributed by atoms with Crippen molar-refractivity contribution in [2.75, 3.05) is 11.8 Å². The van der Waals surface area contributed by atoms with Gasteiger partial charge in [0.1, 0.15) is 11.3 Å². The first-order chi connectivity index (χ1) is 12.1. The molecule has 0 bridgehead atoms. The van der Waals surface area contributed by atoms with Gasteiger partial charge in [0.05, 0.1) is 23.3 Å². The quantitative estimate of drug-likeness (QED) is 0.605. The van der Waals surface area contributed by atoms with Crippen molar-refractivity contribution in [2.24, 2.45) is 0 Å². The molecule has 0 aliphatic carbocycles. The third-order valence-corrected chi connectivity index (χ3v) is 5.50. The first kappa shape index (κ1) is 19.7. The van der Waals surface area contributed by atoms with Gasteiger partial charge < -0.3 is 14.9 Å². The molecule has 0 saturated carbocycles. The number of rotatable bonds is 5. The number of aryl methyl sites for hydroxylation is 1. The Morgan fingerprint density at radius 2 is 1.85 bits per heavy atom. The summed E-state index contributed by atoms with van der Waals surface area (Å²) in [5, 5.41) is 19.1. The highest BCUT2D eigenvalue weighted by Crippen LogP contribution is 2.31. The van der Waals surface area contributed by atoms with Crippen LogP contribution in [0.1, 0.15) is 26.3 Å². The maximum absolute atomic E-state index is 12.7. The molecule has 2 aromatic rings. The Morgan fingerprint density at radius 1 is 1.19 bits per heavy atom. The number of phenols is 1. The van der Waals surface area contributed by atoms with Gasteiger partial charge in [0, 0.05) is 4.47 Å². The van der Waals surface area contributed by atoms with Crippen molar-refractivity contribution in [1.82, 2.24) is 0 Å². The first-order valence-corrected chi connectivity index (χ1v) is 9.32. The van der Waals surface area contributed by atoms with E-state index in [0.717, 1.165) is 25.3 Å². The molecule has 2 aromatic carbocycles. The minimum Gasteiger partial charge on any atom is -0.507 e. The highest BCUT2D eigenvalue weighted by Gasteiger charge is 2.24. The zero-order valence-corrected chi connectivity index (χ0v) is 16.0. The van der Waals surface area contributed by atoms with Crippen LogP contribution in [0, 0.1) is 6.92 Å². The summed E-state index contributed by atoms with van der Waals surface area (Å²) in [7, 11) is -3.15. The lowest BCUT2D eigenvalue weighted by molar-refractivity contribution is 0.0596. The summed E-state index contributed by atoms with van der Waals surface area (Å²) >= 11 is 3.09. The molecular weight excluding hydrogens is 430 g/mol. The second-order valence-corrected chi connectivity index (χ2v) is 7.73. The highest BCUT2D eigenvalue weighted by atomic mass is 79.9. The summed E-state index contributed by atoms with van der Waals surface area (Å²) in [6.07, 6.45) is 0. The van der Waals surface area contributed by atoms with Crippen LogP contribution in [0.3, 0.4) is 0 Å². The third kappa shape index (κ3) is 3.81. The van der Waals surface area contributed by atoms with E-state index < -0.39 is 27.7 Å². The molecule has 3 N–H and O–H groups in total. The number of ether oxygens (including phenoxy) is 1. The van der Waals surface area contributed by atoms with Gasteiger partial charge in [-0.2, -0.15) is 0 Å². The van der Waals surface area contributed by atoms with E-state index in [1.807, 2.05) is 0 Å². The number of carbonyl (C=O) groups excluding carboxylic acids is 1. The van der Waals surface area contributed by atoms with Crippen LogP contribution >= 0.6 is 15.9 Å². The van der Waals surface area contributed by atoms with Crippen molar-refractivity contribution in [2.45, 2.75) is 11.8 Å². The second-order valence-electron chi connectivity index (χ2n) is 5.20. The molecule has 0 saturated heterocycles. The number of carbonyl (C=O) groups is 2. The number of sulfonamides is 1. The SMILES string of the molecule is COC(=O)c1cc(S(=O)(=O)Nc2c(C)ccc(Br)c2C(=O)O)ccc1O. The third-order valence-electron chi connectivity index (χ3n) is 3.50. The number of carboxylic acids is 1. The Labute approximate surface area is 157 Å². The number of nitrogens with one attached hydrogen (secondary N) is 1. The molecule has 26 heavy (non-hydrogen) atoms. The number of esters is 1. The van der Waals surface area contributed by atoms with Crippen molar-refractivity contribution in [1.29, 1.82) is 0 Å². The van der Waals surface area contributed by atoms with Crippen LogP contribution in [-0.2, 0) is 14.8 Å². The molecular formula is C16H14BrNO7S. The van der Waals surface area contributed by atoms with Crippen LogP contribution in [0.15, 0.2) is 39.7 Å². The second kappa shape index (κ2) is 7.34. The van der Waals surface area contributed by atoms with E-state index in [1.54, 1.807) is 13.0 Å². The predicted molar refractivity (Wildman–Crippen MR) is 96.1 cm³/mol. The Bertz CT molecular complexity index is 1000.